The smallest absolute Gasteiger partial charge is 0.314 e. The fourth-order valence-electron chi connectivity index (χ4n) is 2.63. The molecule has 0 radical (unpaired) electrons. The summed E-state index contributed by atoms with van der Waals surface area (Å²) in [5.41, 5.74) is 0.169. The van der Waals surface area contributed by atoms with Crippen LogP contribution >= 0.6 is 0 Å². The fourth-order valence-corrected chi connectivity index (χ4v) is 2.63. The van der Waals surface area contributed by atoms with Crippen molar-refractivity contribution in [3.05, 3.63) is 42.2 Å². The molecule has 1 aliphatic rings. The van der Waals surface area contributed by atoms with Gasteiger partial charge < -0.3 is 5.11 Å². The fraction of sp³-hybridized carbons (Fsp3) is 0.286. The van der Waals surface area contributed by atoms with E-state index in [2.05, 4.69) is 4.98 Å². The van der Waals surface area contributed by atoms with Crippen molar-refractivity contribution in [1.29, 1.82) is 0 Å². The van der Waals surface area contributed by atoms with Gasteiger partial charge in [0.15, 0.2) is 0 Å². The van der Waals surface area contributed by atoms with Crippen LogP contribution in [0.15, 0.2) is 36.7 Å². The number of hydrogen-bond donors (Lipinski definition) is 1. The first kappa shape index (κ1) is 10.3. The van der Waals surface area contributed by atoms with Crippen molar-refractivity contribution >= 4 is 16.7 Å². The number of carboxylic acid groups (broad SMARTS) is 1. The van der Waals surface area contributed by atoms with E-state index < -0.39 is 11.4 Å². The molecule has 1 aliphatic carbocycles. The van der Waals surface area contributed by atoms with Gasteiger partial charge in [-0.25, -0.2) is 0 Å². The quantitative estimate of drug-likeness (QED) is 0.858. The molecule has 3 nitrogen and oxygen atoms in total. The topological polar surface area (TPSA) is 50.2 Å². The lowest BCUT2D eigenvalue weighted by molar-refractivity contribution is -0.147. The molecule has 1 fully saturated rings. The first-order chi connectivity index (χ1) is 8.24. The summed E-state index contributed by atoms with van der Waals surface area (Å²) in [6, 6.07) is 7.84. The standard InChI is InChI=1S/C14H13NO2/c16-13(17)14(6-3-7-14)12-9-15-8-10-4-1-2-5-11(10)12/h1-2,4-5,8-9H,3,6-7H2,(H,16,17). The minimum Gasteiger partial charge on any atom is -0.481 e. The van der Waals surface area contributed by atoms with E-state index in [1.165, 1.54) is 0 Å². The van der Waals surface area contributed by atoms with E-state index in [4.69, 9.17) is 0 Å². The van der Waals surface area contributed by atoms with Gasteiger partial charge in [-0.15, -0.1) is 0 Å². The highest BCUT2D eigenvalue weighted by Gasteiger charge is 2.46. The average molecular weight is 227 g/mol. The highest BCUT2D eigenvalue weighted by Crippen LogP contribution is 2.45. The summed E-state index contributed by atoms with van der Waals surface area (Å²) in [6.07, 6.45) is 5.92. The second-order valence-corrected chi connectivity index (χ2v) is 4.65. The molecule has 1 saturated carbocycles. The second-order valence-electron chi connectivity index (χ2n) is 4.65. The zero-order valence-electron chi connectivity index (χ0n) is 9.39. The number of nitrogens with zero attached hydrogens (tertiary/aromatic N) is 1. The zero-order valence-corrected chi connectivity index (χ0v) is 9.39. The zero-order chi connectivity index (χ0) is 11.9. The van der Waals surface area contributed by atoms with Crippen LogP contribution in [0.2, 0.25) is 0 Å². The Labute approximate surface area is 99.1 Å². The molecule has 2 aromatic rings. The number of carboxylic acids is 1. The normalized spacial score (nSPS) is 17.6. The van der Waals surface area contributed by atoms with E-state index >= 15 is 0 Å². The number of hydrogen-bond acceptors (Lipinski definition) is 2. The lowest BCUT2D eigenvalue weighted by Crippen LogP contribution is -2.42. The van der Waals surface area contributed by atoms with Crippen molar-refractivity contribution < 1.29 is 9.90 Å². The van der Waals surface area contributed by atoms with Crippen molar-refractivity contribution in [2.75, 3.05) is 0 Å². The van der Waals surface area contributed by atoms with Gasteiger partial charge in [-0.3, -0.25) is 9.78 Å². The molecule has 1 heterocycles. The van der Waals surface area contributed by atoms with Gasteiger partial charge in [0.2, 0.25) is 0 Å². The Bertz CT molecular complexity index is 582. The van der Waals surface area contributed by atoms with Crippen LogP contribution in [0.1, 0.15) is 24.8 Å². The molecule has 0 unspecified atom stereocenters. The van der Waals surface area contributed by atoms with E-state index in [1.807, 2.05) is 24.3 Å². The number of fused-ring (bicyclic) bond motifs is 1. The number of rotatable bonds is 2. The van der Waals surface area contributed by atoms with Gasteiger partial charge in [0, 0.05) is 17.8 Å². The monoisotopic (exact) mass is 227 g/mol. The van der Waals surface area contributed by atoms with E-state index in [-0.39, 0.29) is 0 Å². The summed E-state index contributed by atoms with van der Waals surface area (Å²) in [7, 11) is 0. The van der Waals surface area contributed by atoms with Gasteiger partial charge in [0.05, 0.1) is 5.41 Å². The minimum atomic E-state index is -0.720. The van der Waals surface area contributed by atoms with Crippen molar-refractivity contribution in [3.8, 4) is 0 Å². The average Bonchev–Trinajstić information content (AvgIpc) is 2.27. The maximum absolute atomic E-state index is 11.5. The third-order valence-electron chi connectivity index (χ3n) is 3.80. The molecular weight excluding hydrogens is 214 g/mol. The van der Waals surface area contributed by atoms with Gasteiger partial charge in [0.1, 0.15) is 0 Å². The number of aromatic nitrogens is 1. The predicted molar refractivity (Wildman–Crippen MR) is 64.9 cm³/mol. The van der Waals surface area contributed by atoms with Crippen LogP contribution in [0, 0.1) is 0 Å². The molecule has 0 atom stereocenters. The summed E-state index contributed by atoms with van der Waals surface area (Å²) in [5.74, 6) is -0.720. The number of benzene rings is 1. The van der Waals surface area contributed by atoms with Crippen LogP contribution in [-0.4, -0.2) is 16.1 Å². The van der Waals surface area contributed by atoms with Crippen LogP contribution in [0.5, 0.6) is 0 Å². The molecule has 1 aromatic heterocycles. The van der Waals surface area contributed by atoms with Crippen LogP contribution in [0.3, 0.4) is 0 Å². The molecule has 86 valence electrons. The van der Waals surface area contributed by atoms with E-state index in [9.17, 15) is 9.90 Å². The Morgan fingerprint density at radius 1 is 1.24 bits per heavy atom. The molecule has 1 N–H and O–H groups in total. The lowest BCUT2D eigenvalue weighted by Gasteiger charge is -2.38. The highest BCUT2D eigenvalue weighted by molar-refractivity contribution is 5.93. The van der Waals surface area contributed by atoms with Crippen molar-refractivity contribution in [2.45, 2.75) is 24.7 Å². The van der Waals surface area contributed by atoms with Gasteiger partial charge in [-0.2, -0.15) is 0 Å². The Kier molecular flexibility index (Phi) is 2.15. The molecule has 0 saturated heterocycles. The van der Waals surface area contributed by atoms with Crippen molar-refractivity contribution in [1.82, 2.24) is 4.98 Å². The Morgan fingerprint density at radius 2 is 2.00 bits per heavy atom. The van der Waals surface area contributed by atoms with Gasteiger partial charge >= 0.3 is 5.97 Å². The number of aliphatic carboxylic acids is 1. The maximum atomic E-state index is 11.5. The maximum Gasteiger partial charge on any atom is 0.314 e. The minimum absolute atomic E-state index is 0.701. The van der Waals surface area contributed by atoms with Crippen LogP contribution in [0.4, 0.5) is 0 Å². The van der Waals surface area contributed by atoms with Gasteiger partial charge in [-0.1, -0.05) is 30.7 Å². The summed E-state index contributed by atoms with van der Waals surface area (Å²) in [6.45, 7) is 0. The Hall–Kier alpha value is -1.90. The number of carbonyl (C=O) groups is 1. The molecule has 0 spiro atoms. The van der Waals surface area contributed by atoms with E-state index in [0.717, 1.165) is 35.6 Å². The second kappa shape index (κ2) is 3.55. The highest BCUT2D eigenvalue weighted by atomic mass is 16.4. The summed E-state index contributed by atoms with van der Waals surface area (Å²) in [4.78, 5) is 15.7. The molecule has 1 aromatic carbocycles. The summed E-state index contributed by atoms with van der Waals surface area (Å²) >= 11 is 0. The molecule has 0 amide bonds. The van der Waals surface area contributed by atoms with Crippen LogP contribution in [-0.2, 0) is 10.2 Å². The molecular formula is C14H13NO2. The van der Waals surface area contributed by atoms with Crippen molar-refractivity contribution in [2.24, 2.45) is 0 Å². The first-order valence-electron chi connectivity index (χ1n) is 5.81. The molecule has 0 bridgehead atoms. The molecule has 3 rings (SSSR count). The van der Waals surface area contributed by atoms with E-state index in [1.54, 1.807) is 12.4 Å². The predicted octanol–water partition coefficient (Wildman–Crippen LogP) is 2.74. The molecule has 3 heteroatoms. The van der Waals surface area contributed by atoms with Gasteiger partial charge in [-0.05, 0) is 23.8 Å². The summed E-state index contributed by atoms with van der Waals surface area (Å²) < 4.78 is 0. The molecule has 0 aliphatic heterocycles. The first-order valence-corrected chi connectivity index (χ1v) is 5.81. The third-order valence-corrected chi connectivity index (χ3v) is 3.80. The van der Waals surface area contributed by atoms with Gasteiger partial charge in [0.25, 0.3) is 0 Å². The van der Waals surface area contributed by atoms with E-state index in [0.29, 0.717) is 0 Å². The van der Waals surface area contributed by atoms with Crippen LogP contribution in [0.25, 0.3) is 10.8 Å². The van der Waals surface area contributed by atoms with Crippen LogP contribution < -0.4 is 0 Å². The third kappa shape index (κ3) is 1.35. The SMILES string of the molecule is O=C(O)C1(c2cncc3ccccc23)CCC1. The van der Waals surface area contributed by atoms with Crippen molar-refractivity contribution in [3.63, 3.8) is 0 Å². The largest absolute Gasteiger partial charge is 0.481 e. The molecule has 17 heavy (non-hydrogen) atoms. The Morgan fingerprint density at radius 3 is 2.65 bits per heavy atom. The summed E-state index contributed by atoms with van der Waals surface area (Å²) in [5, 5.41) is 11.5. The Balaban J connectivity index is 2.27. The number of pyridine rings is 1. The lowest BCUT2D eigenvalue weighted by atomic mass is 9.64.